The molecule has 18 heavy (non-hydrogen) atoms. The van der Waals surface area contributed by atoms with Crippen molar-refractivity contribution in [3.05, 3.63) is 35.9 Å². The van der Waals surface area contributed by atoms with Gasteiger partial charge in [-0.15, -0.1) is 0 Å². The van der Waals surface area contributed by atoms with E-state index in [9.17, 15) is 9.59 Å². The lowest BCUT2D eigenvalue weighted by Gasteiger charge is -2.31. The fraction of sp³-hybridized carbons (Fsp3) is 0.467. The number of hydrogen-bond acceptors (Lipinski definition) is 3. The van der Waals surface area contributed by atoms with E-state index in [1.165, 1.54) is 5.56 Å². The molecule has 2 atom stereocenters. The highest BCUT2D eigenvalue weighted by atomic mass is 16.2. The van der Waals surface area contributed by atoms with Gasteiger partial charge in [0.05, 0.1) is 0 Å². The van der Waals surface area contributed by atoms with Crippen molar-refractivity contribution in [2.45, 2.75) is 45.3 Å². The number of likely N-dealkylation sites (tertiary alicyclic amines) is 1. The molecular formula is C15H19NO2. The van der Waals surface area contributed by atoms with Crippen LogP contribution in [-0.2, 0) is 16.1 Å². The summed E-state index contributed by atoms with van der Waals surface area (Å²) in [6.07, 6.45) is 0.687. The second-order valence-corrected chi connectivity index (χ2v) is 5.11. The molecule has 0 aliphatic carbocycles. The quantitative estimate of drug-likeness (QED) is 0.750. The minimum absolute atomic E-state index is 0.124. The van der Waals surface area contributed by atoms with Gasteiger partial charge in [0.15, 0.2) is 11.6 Å². The molecule has 1 aliphatic heterocycles. The van der Waals surface area contributed by atoms with Crippen molar-refractivity contribution in [3.63, 3.8) is 0 Å². The Morgan fingerprint density at radius 1 is 1.00 bits per heavy atom. The maximum atomic E-state index is 11.6. The van der Waals surface area contributed by atoms with E-state index in [2.05, 4.69) is 17.0 Å². The summed E-state index contributed by atoms with van der Waals surface area (Å²) in [5.74, 6) is -0.435. The lowest BCUT2D eigenvalue weighted by Crippen LogP contribution is -2.38. The van der Waals surface area contributed by atoms with Gasteiger partial charge in [0, 0.05) is 31.5 Å². The van der Waals surface area contributed by atoms with E-state index in [4.69, 9.17) is 0 Å². The maximum absolute atomic E-state index is 11.6. The molecule has 0 N–H and O–H groups in total. The number of nitrogens with zero attached hydrogens (tertiary/aromatic N) is 1. The third kappa shape index (κ3) is 2.85. The van der Waals surface area contributed by atoms with E-state index in [0.717, 1.165) is 6.54 Å². The lowest BCUT2D eigenvalue weighted by atomic mass is 10.1. The summed E-state index contributed by atoms with van der Waals surface area (Å²) < 4.78 is 0. The van der Waals surface area contributed by atoms with Crippen LogP contribution < -0.4 is 0 Å². The van der Waals surface area contributed by atoms with Gasteiger partial charge in [-0.2, -0.15) is 0 Å². The van der Waals surface area contributed by atoms with Gasteiger partial charge in [-0.25, -0.2) is 0 Å². The van der Waals surface area contributed by atoms with Gasteiger partial charge in [0.1, 0.15) is 0 Å². The standard InChI is InChI=1S/C15H19NO2/c1-11-8-14(17)15(18)9-12(2)16(11)10-13-6-4-3-5-7-13/h3-7,11-12H,8-10H2,1-2H3. The van der Waals surface area contributed by atoms with Crippen LogP contribution in [0.2, 0.25) is 0 Å². The van der Waals surface area contributed by atoms with Crippen LogP contribution in [-0.4, -0.2) is 28.6 Å². The second-order valence-electron chi connectivity index (χ2n) is 5.11. The zero-order valence-corrected chi connectivity index (χ0v) is 10.9. The van der Waals surface area contributed by atoms with Crippen molar-refractivity contribution in [3.8, 4) is 0 Å². The molecule has 1 saturated heterocycles. The van der Waals surface area contributed by atoms with Crippen LogP contribution in [0.5, 0.6) is 0 Å². The van der Waals surface area contributed by atoms with Crippen LogP contribution in [0, 0.1) is 0 Å². The average molecular weight is 245 g/mol. The molecule has 0 bridgehead atoms. The van der Waals surface area contributed by atoms with Gasteiger partial charge < -0.3 is 0 Å². The number of carbonyl (C=O) groups excluding carboxylic acids is 2. The Morgan fingerprint density at radius 3 is 2.00 bits per heavy atom. The summed E-state index contributed by atoms with van der Waals surface area (Å²) in [6, 6.07) is 10.4. The smallest absolute Gasteiger partial charge is 0.199 e. The first-order valence-corrected chi connectivity index (χ1v) is 6.43. The molecule has 0 radical (unpaired) electrons. The van der Waals surface area contributed by atoms with Crippen LogP contribution in [0.4, 0.5) is 0 Å². The van der Waals surface area contributed by atoms with Crippen LogP contribution in [0.3, 0.4) is 0 Å². The monoisotopic (exact) mass is 245 g/mol. The normalized spacial score (nSPS) is 26.1. The van der Waals surface area contributed by atoms with Gasteiger partial charge in [-0.05, 0) is 19.4 Å². The molecule has 3 nitrogen and oxygen atoms in total. The number of rotatable bonds is 2. The molecular weight excluding hydrogens is 226 g/mol. The first-order chi connectivity index (χ1) is 8.58. The zero-order valence-electron chi connectivity index (χ0n) is 10.9. The van der Waals surface area contributed by atoms with E-state index < -0.39 is 0 Å². The van der Waals surface area contributed by atoms with E-state index in [0.29, 0.717) is 12.8 Å². The van der Waals surface area contributed by atoms with Crippen molar-refractivity contribution in [1.82, 2.24) is 4.90 Å². The van der Waals surface area contributed by atoms with Gasteiger partial charge in [-0.3, -0.25) is 14.5 Å². The van der Waals surface area contributed by atoms with Crippen molar-refractivity contribution < 1.29 is 9.59 Å². The summed E-state index contributed by atoms with van der Waals surface area (Å²) in [5.41, 5.74) is 1.22. The fourth-order valence-electron chi connectivity index (χ4n) is 2.54. The zero-order chi connectivity index (χ0) is 13.1. The highest BCUT2D eigenvalue weighted by Crippen LogP contribution is 2.20. The Hall–Kier alpha value is -1.48. The Bertz CT molecular complexity index is 419. The molecule has 1 aliphatic rings. The lowest BCUT2D eigenvalue weighted by molar-refractivity contribution is -0.136. The molecule has 1 aromatic rings. The van der Waals surface area contributed by atoms with Gasteiger partial charge in [0.25, 0.3) is 0 Å². The van der Waals surface area contributed by atoms with E-state index in [1.807, 2.05) is 32.0 Å². The highest BCUT2D eigenvalue weighted by Gasteiger charge is 2.31. The number of ketones is 2. The van der Waals surface area contributed by atoms with E-state index in [-0.39, 0.29) is 23.7 Å². The Morgan fingerprint density at radius 2 is 1.50 bits per heavy atom. The first-order valence-electron chi connectivity index (χ1n) is 6.43. The number of hydrogen-bond donors (Lipinski definition) is 0. The fourth-order valence-corrected chi connectivity index (χ4v) is 2.54. The molecule has 96 valence electrons. The predicted octanol–water partition coefficient (Wildman–Crippen LogP) is 2.20. The molecule has 0 spiro atoms. The number of benzene rings is 1. The Balaban J connectivity index is 2.15. The third-order valence-electron chi connectivity index (χ3n) is 3.61. The number of carbonyl (C=O) groups is 2. The van der Waals surface area contributed by atoms with E-state index in [1.54, 1.807) is 0 Å². The van der Waals surface area contributed by atoms with Gasteiger partial charge in [-0.1, -0.05) is 30.3 Å². The average Bonchev–Trinajstić information content (AvgIpc) is 2.43. The summed E-state index contributed by atoms with van der Waals surface area (Å²) >= 11 is 0. The highest BCUT2D eigenvalue weighted by molar-refractivity contribution is 6.37. The molecule has 0 saturated carbocycles. The van der Waals surface area contributed by atoms with Gasteiger partial charge >= 0.3 is 0 Å². The van der Waals surface area contributed by atoms with Crippen molar-refractivity contribution in [1.29, 1.82) is 0 Å². The summed E-state index contributed by atoms with van der Waals surface area (Å²) in [4.78, 5) is 25.4. The topological polar surface area (TPSA) is 37.4 Å². The summed E-state index contributed by atoms with van der Waals surface area (Å²) in [5, 5.41) is 0. The van der Waals surface area contributed by atoms with Crippen molar-refractivity contribution in [2.75, 3.05) is 0 Å². The summed E-state index contributed by atoms with van der Waals surface area (Å²) in [6.45, 7) is 4.84. The minimum atomic E-state index is -0.218. The van der Waals surface area contributed by atoms with Crippen LogP contribution in [0.1, 0.15) is 32.3 Å². The second kappa shape index (κ2) is 5.44. The molecule has 0 aromatic heterocycles. The SMILES string of the molecule is CC1CC(=O)C(=O)CC(C)N1Cc1ccccc1. The molecule has 2 rings (SSSR count). The molecule has 0 amide bonds. The molecule has 1 heterocycles. The molecule has 2 unspecified atom stereocenters. The largest absolute Gasteiger partial charge is 0.293 e. The molecule has 1 aromatic carbocycles. The summed E-state index contributed by atoms with van der Waals surface area (Å²) in [7, 11) is 0. The van der Waals surface area contributed by atoms with Crippen LogP contribution in [0.15, 0.2) is 30.3 Å². The third-order valence-corrected chi connectivity index (χ3v) is 3.61. The maximum Gasteiger partial charge on any atom is 0.199 e. The van der Waals surface area contributed by atoms with Crippen LogP contribution in [0.25, 0.3) is 0 Å². The number of Topliss-reactive ketones (excluding diaryl/α,β-unsaturated/α-hetero) is 2. The molecule has 3 heteroatoms. The van der Waals surface area contributed by atoms with Crippen molar-refractivity contribution >= 4 is 11.6 Å². The van der Waals surface area contributed by atoms with E-state index >= 15 is 0 Å². The Labute approximate surface area is 108 Å². The van der Waals surface area contributed by atoms with Crippen LogP contribution >= 0.6 is 0 Å². The predicted molar refractivity (Wildman–Crippen MR) is 70.2 cm³/mol. The van der Waals surface area contributed by atoms with Gasteiger partial charge in [0.2, 0.25) is 0 Å². The molecule has 1 fully saturated rings. The van der Waals surface area contributed by atoms with Crippen molar-refractivity contribution in [2.24, 2.45) is 0 Å². The first kappa shape index (κ1) is 13.0. The minimum Gasteiger partial charge on any atom is -0.293 e. The Kier molecular flexibility index (Phi) is 3.92.